The molecule has 32 heavy (non-hydrogen) atoms. The molecule has 2 aromatic carbocycles. The molecule has 0 fully saturated rings. The summed E-state index contributed by atoms with van der Waals surface area (Å²) in [6, 6.07) is 14.9. The minimum absolute atomic E-state index is 0.0224. The van der Waals surface area contributed by atoms with Gasteiger partial charge in [-0.25, -0.2) is 0 Å². The van der Waals surface area contributed by atoms with E-state index < -0.39 is 0 Å². The summed E-state index contributed by atoms with van der Waals surface area (Å²) in [4.78, 5) is 29.7. The molecule has 0 bridgehead atoms. The van der Waals surface area contributed by atoms with Gasteiger partial charge in [0.2, 0.25) is 0 Å². The van der Waals surface area contributed by atoms with Crippen molar-refractivity contribution in [3.8, 4) is 5.75 Å². The van der Waals surface area contributed by atoms with Crippen LogP contribution in [-0.2, 0) is 14.3 Å². The monoisotopic (exact) mass is 437 g/mol. The number of nitrogens with one attached hydrogen (secondary N) is 1. The standard InChI is InChI=1S/C25H31N3O4/c1-6-31-21-13-7-18(8-14-21)22-23(26-19-9-11-20(12-10-19)27(4)5)25(30)28(24(22)29)15-16-32-17(2)3/h7-14,17,26H,6,15-16H2,1-5H3. The number of ether oxygens (including phenoxy) is 2. The van der Waals surface area contributed by atoms with Crippen molar-refractivity contribution < 1.29 is 19.1 Å². The van der Waals surface area contributed by atoms with Crippen LogP contribution in [0, 0.1) is 0 Å². The average Bonchev–Trinajstić information content (AvgIpc) is 2.99. The fraction of sp³-hybridized carbons (Fsp3) is 0.360. The molecule has 0 aromatic heterocycles. The lowest BCUT2D eigenvalue weighted by Gasteiger charge is -2.17. The van der Waals surface area contributed by atoms with E-state index in [4.69, 9.17) is 9.47 Å². The molecule has 0 saturated heterocycles. The summed E-state index contributed by atoms with van der Waals surface area (Å²) in [7, 11) is 3.93. The first-order valence-electron chi connectivity index (χ1n) is 10.8. The number of amides is 2. The summed E-state index contributed by atoms with van der Waals surface area (Å²) in [6.07, 6.45) is 0.0224. The van der Waals surface area contributed by atoms with Gasteiger partial charge in [-0.2, -0.15) is 0 Å². The van der Waals surface area contributed by atoms with Crippen molar-refractivity contribution in [3.63, 3.8) is 0 Å². The van der Waals surface area contributed by atoms with Crippen molar-refractivity contribution in [1.29, 1.82) is 0 Å². The molecule has 0 atom stereocenters. The van der Waals surface area contributed by atoms with Crippen LogP contribution >= 0.6 is 0 Å². The van der Waals surface area contributed by atoms with Crippen LogP contribution in [0.3, 0.4) is 0 Å². The number of rotatable bonds is 10. The molecule has 1 N–H and O–H groups in total. The van der Waals surface area contributed by atoms with Gasteiger partial charge in [0.15, 0.2) is 0 Å². The minimum atomic E-state index is -0.358. The number of hydrogen-bond donors (Lipinski definition) is 1. The predicted molar refractivity (Wildman–Crippen MR) is 127 cm³/mol. The molecule has 7 heteroatoms. The maximum absolute atomic E-state index is 13.3. The van der Waals surface area contributed by atoms with Gasteiger partial charge in [0.1, 0.15) is 11.4 Å². The molecule has 3 rings (SSSR count). The molecular formula is C25H31N3O4. The van der Waals surface area contributed by atoms with Gasteiger partial charge in [0.25, 0.3) is 11.8 Å². The number of hydrogen-bond acceptors (Lipinski definition) is 6. The number of carbonyl (C=O) groups excluding carboxylic acids is 2. The molecule has 0 radical (unpaired) electrons. The van der Waals surface area contributed by atoms with Crippen LogP contribution in [0.15, 0.2) is 54.2 Å². The highest BCUT2D eigenvalue weighted by atomic mass is 16.5. The molecule has 170 valence electrons. The molecule has 0 unspecified atom stereocenters. The Bertz CT molecular complexity index is 979. The van der Waals surface area contributed by atoms with Crippen LogP contribution in [0.25, 0.3) is 5.57 Å². The van der Waals surface area contributed by atoms with E-state index in [1.165, 1.54) is 4.90 Å². The number of anilines is 2. The van der Waals surface area contributed by atoms with Crippen molar-refractivity contribution in [2.24, 2.45) is 0 Å². The van der Waals surface area contributed by atoms with E-state index in [1.54, 1.807) is 24.3 Å². The van der Waals surface area contributed by atoms with Gasteiger partial charge in [-0.3, -0.25) is 14.5 Å². The Morgan fingerprint density at radius 3 is 2.19 bits per heavy atom. The van der Waals surface area contributed by atoms with E-state index in [2.05, 4.69) is 5.32 Å². The first-order chi connectivity index (χ1) is 15.3. The third-order valence-electron chi connectivity index (χ3n) is 5.04. The maximum atomic E-state index is 13.3. The van der Waals surface area contributed by atoms with Gasteiger partial charge < -0.3 is 19.7 Å². The molecule has 1 aliphatic heterocycles. The zero-order valence-electron chi connectivity index (χ0n) is 19.3. The van der Waals surface area contributed by atoms with Crippen LogP contribution in [0.1, 0.15) is 26.3 Å². The van der Waals surface area contributed by atoms with Gasteiger partial charge in [-0.1, -0.05) is 12.1 Å². The number of nitrogens with zero attached hydrogens (tertiary/aromatic N) is 2. The second-order valence-corrected chi connectivity index (χ2v) is 7.96. The van der Waals surface area contributed by atoms with Crippen LogP contribution < -0.4 is 15.0 Å². The predicted octanol–water partition coefficient (Wildman–Crippen LogP) is 3.77. The zero-order valence-corrected chi connectivity index (χ0v) is 19.3. The van der Waals surface area contributed by atoms with Gasteiger partial charge in [-0.05, 0) is 62.7 Å². The second-order valence-electron chi connectivity index (χ2n) is 7.96. The quantitative estimate of drug-likeness (QED) is 0.571. The normalized spacial score (nSPS) is 13.9. The molecule has 1 heterocycles. The van der Waals surface area contributed by atoms with E-state index in [1.807, 2.05) is 64.0 Å². The summed E-state index contributed by atoms with van der Waals surface area (Å²) in [5, 5.41) is 3.18. The van der Waals surface area contributed by atoms with Gasteiger partial charge in [0, 0.05) is 25.5 Å². The minimum Gasteiger partial charge on any atom is -0.494 e. The number of carbonyl (C=O) groups is 2. The number of imide groups is 1. The van der Waals surface area contributed by atoms with Crippen molar-refractivity contribution in [1.82, 2.24) is 4.90 Å². The lowest BCUT2D eigenvalue weighted by atomic mass is 10.0. The summed E-state index contributed by atoms with van der Waals surface area (Å²) < 4.78 is 11.1. The van der Waals surface area contributed by atoms with E-state index in [-0.39, 0.29) is 36.8 Å². The third-order valence-corrected chi connectivity index (χ3v) is 5.04. The lowest BCUT2D eigenvalue weighted by molar-refractivity contribution is -0.137. The molecule has 1 aliphatic rings. The Morgan fingerprint density at radius 1 is 0.969 bits per heavy atom. The lowest BCUT2D eigenvalue weighted by Crippen LogP contribution is -2.35. The van der Waals surface area contributed by atoms with Crippen molar-refractivity contribution in [3.05, 3.63) is 59.8 Å². The van der Waals surface area contributed by atoms with Gasteiger partial charge >= 0.3 is 0 Å². The molecule has 0 spiro atoms. The molecule has 0 saturated carbocycles. The largest absolute Gasteiger partial charge is 0.494 e. The first-order valence-corrected chi connectivity index (χ1v) is 10.8. The first kappa shape index (κ1) is 23.3. The fourth-order valence-corrected chi connectivity index (χ4v) is 3.41. The summed E-state index contributed by atoms with van der Waals surface area (Å²) in [5.41, 5.74) is 3.04. The third kappa shape index (κ3) is 5.29. The Hall–Kier alpha value is -3.32. The van der Waals surface area contributed by atoms with E-state index >= 15 is 0 Å². The van der Waals surface area contributed by atoms with Crippen LogP contribution in [0.5, 0.6) is 5.75 Å². The second kappa shape index (κ2) is 10.3. The smallest absolute Gasteiger partial charge is 0.278 e. The summed E-state index contributed by atoms with van der Waals surface area (Å²) in [6.45, 7) is 6.79. The Kier molecular flexibility index (Phi) is 7.53. The molecular weight excluding hydrogens is 406 g/mol. The molecule has 2 aromatic rings. The highest BCUT2D eigenvalue weighted by Crippen LogP contribution is 2.31. The number of benzene rings is 2. The van der Waals surface area contributed by atoms with Gasteiger partial charge in [-0.15, -0.1) is 0 Å². The van der Waals surface area contributed by atoms with Crippen molar-refractivity contribution >= 4 is 28.8 Å². The van der Waals surface area contributed by atoms with Crippen molar-refractivity contribution in [2.75, 3.05) is 44.1 Å². The Labute approximate surface area is 189 Å². The van der Waals surface area contributed by atoms with E-state index in [0.717, 1.165) is 11.4 Å². The van der Waals surface area contributed by atoms with E-state index in [0.29, 0.717) is 23.5 Å². The Morgan fingerprint density at radius 2 is 1.62 bits per heavy atom. The molecule has 7 nitrogen and oxygen atoms in total. The topological polar surface area (TPSA) is 71.1 Å². The summed E-state index contributed by atoms with van der Waals surface area (Å²) in [5.74, 6) is 0.0199. The molecule has 2 amide bonds. The van der Waals surface area contributed by atoms with Gasteiger partial charge in [0.05, 0.1) is 31.4 Å². The maximum Gasteiger partial charge on any atom is 0.278 e. The van der Waals surface area contributed by atoms with Crippen molar-refractivity contribution in [2.45, 2.75) is 26.9 Å². The van der Waals surface area contributed by atoms with Crippen LogP contribution in [-0.4, -0.2) is 56.7 Å². The fourth-order valence-electron chi connectivity index (χ4n) is 3.41. The highest BCUT2D eigenvalue weighted by molar-refractivity contribution is 6.36. The van der Waals surface area contributed by atoms with E-state index in [9.17, 15) is 9.59 Å². The summed E-state index contributed by atoms with van der Waals surface area (Å²) >= 11 is 0. The highest BCUT2D eigenvalue weighted by Gasteiger charge is 2.39. The van der Waals surface area contributed by atoms with Crippen LogP contribution in [0.4, 0.5) is 11.4 Å². The average molecular weight is 438 g/mol. The SMILES string of the molecule is CCOc1ccc(C2=C(Nc3ccc(N(C)C)cc3)C(=O)N(CCOC(C)C)C2=O)cc1. The van der Waals surface area contributed by atoms with Crippen LogP contribution in [0.2, 0.25) is 0 Å². The Balaban J connectivity index is 1.93. The molecule has 0 aliphatic carbocycles. The zero-order chi connectivity index (χ0) is 23.3.